The Morgan fingerprint density at radius 3 is 2.50 bits per heavy atom. The minimum Gasteiger partial charge on any atom is -0.504 e. The predicted octanol–water partition coefficient (Wildman–Crippen LogP) is 0.580. The maximum Gasteiger partial charge on any atom is 0.247 e. The molecule has 1 amide bonds. The molecule has 2 aromatic rings. The van der Waals surface area contributed by atoms with Crippen molar-refractivity contribution in [3.8, 4) is 11.5 Å². The van der Waals surface area contributed by atoms with Gasteiger partial charge in [-0.25, -0.2) is 0 Å². The van der Waals surface area contributed by atoms with Crippen molar-refractivity contribution in [2.24, 2.45) is 5.16 Å². The van der Waals surface area contributed by atoms with Gasteiger partial charge in [0.1, 0.15) is 56.1 Å². The molecule has 0 aromatic heterocycles. The number of rotatable bonds is 9. The van der Waals surface area contributed by atoms with Crippen molar-refractivity contribution in [2.75, 3.05) is 6.79 Å². The topological polar surface area (TPSA) is 209 Å². The highest BCUT2D eigenvalue weighted by molar-refractivity contribution is 6.30. The molecular weight excluding hydrogens is 628 g/mol. The number of nitrogens with one attached hydrogen (secondary N) is 1. The Hall–Kier alpha value is -3.31. The molecule has 46 heavy (non-hydrogen) atoms. The van der Waals surface area contributed by atoms with Crippen LogP contribution in [0.25, 0.3) is 6.08 Å². The van der Waals surface area contributed by atoms with Crippen molar-refractivity contribution in [1.82, 2.24) is 5.32 Å². The Morgan fingerprint density at radius 1 is 1.09 bits per heavy atom. The number of ether oxygens (including phenoxy) is 4. The SMILES string of the molecule is CC(=Cc1ccc(O[C@@H]2O[C@H](C(C)=NOCc3cccc(Cl)c3)[C@@H](O)[C@]2(C)O)c(O)c1)C(=O)N[C@@H]1[C@H](O)[C@@H](O)[C@H]2OCO[C@H]2[C@@H]1O. The molecule has 15 heteroatoms. The maximum atomic E-state index is 12.9. The number of halogens is 1. The van der Waals surface area contributed by atoms with E-state index in [0.29, 0.717) is 10.6 Å². The predicted molar refractivity (Wildman–Crippen MR) is 162 cm³/mol. The van der Waals surface area contributed by atoms with E-state index in [0.717, 1.165) is 5.56 Å². The summed E-state index contributed by atoms with van der Waals surface area (Å²) in [4.78, 5) is 18.3. The number of fused-ring (bicyclic) bond motifs is 1. The zero-order chi connectivity index (χ0) is 33.3. The minimum absolute atomic E-state index is 0.0695. The fourth-order valence-corrected chi connectivity index (χ4v) is 5.74. The summed E-state index contributed by atoms with van der Waals surface area (Å²) in [5.41, 5.74) is -0.319. The van der Waals surface area contributed by atoms with Gasteiger partial charge in [-0.1, -0.05) is 35.0 Å². The van der Waals surface area contributed by atoms with Crippen molar-refractivity contribution < 1.29 is 59.2 Å². The van der Waals surface area contributed by atoms with Crippen LogP contribution in [0.3, 0.4) is 0 Å². The molecule has 14 nitrogen and oxygen atoms in total. The first-order valence-electron chi connectivity index (χ1n) is 14.5. The van der Waals surface area contributed by atoms with Gasteiger partial charge in [0.15, 0.2) is 17.1 Å². The number of hydrogen-bond donors (Lipinski definition) is 7. The second-order valence-electron chi connectivity index (χ2n) is 11.7. The average molecular weight is 665 g/mol. The summed E-state index contributed by atoms with van der Waals surface area (Å²) in [6.45, 7) is 4.34. The second-order valence-corrected chi connectivity index (χ2v) is 12.2. The Balaban J connectivity index is 1.21. The Morgan fingerprint density at radius 2 is 1.80 bits per heavy atom. The van der Waals surface area contributed by atoms with Gasteiger partial charge in [0.2, 0.25) is 12.2 Å². The molecule has 0 radical (unpaired) electrons. The summed E-state index contributed by atoms with van der Waals surface area (Å²) >= 11 is 5.98. The van der Waals surface area contributed by atoms with Gasteiger partial charge in [-0.15, -0.1) is 0 Å². The number of aliphatic hydroxyl groups excluding tert-OH is 4. The zero-order valence-corrected chi connectivity index (χ0v) is 25.9. The molecule has 5 rings (SSSR count). The molecule has 2 saturated heterocycles. The van der Waals surface area contributed by atoms with E-state index in [1.165, 1.54) is 38.1 Å². The van der Waals surface area contributed by atoms with Crippen molar-refractivity contribution in [3.63, 3.8) is 0 Å². The number of nitrogens with zero attached hydrogens (tertiary/aromatic N) is 1. The smallest absolute Gasteiger partial charge is 0.247 e. The number of oxime groups is 1. The van der Waals surface area contributed by atoms with Crippen LogP contribution in [0.1, 0.15) is 31.9 Å². The monoisotopic (exact) mass is 664 g/mol. The van der Waals surface area contributed by atoms with Gasteiger partial charge in [0, 0.05) is 10.6 Å². The first-order chi connectivity index (χ1) is 21.8. The fourth-order valence-electron chi connectivity index (χ4n) is 5.53. The number of carbonyl (C=O) groups is 1. The van der Waals surface area contributed by atoms with Gasteiger partial charge < -0.3 is 59.7 Å². The first kappa shape index (κ1) is 34.0. The highest BCUT2D eigenvalue weighted by atomic mass is 35.5. The molecule has 3 aliphatic rings. The van der Waals surface area contributed by atoms with E-state index in [1.807, 2.05) is 6.07 Å². The third-order valence-electron chi connectivity index (χ3n) is 8.23. The molecule has 0 bridgehead atoms. The normalized spacial score (nSPS) is 34.7. The van der Waals surface area contributed by atoms with E-state index in [4.69, 9.17) is 35.4 Å². The molecule has 10 atom stereocenters. The molecule has 2 aliphatic heterocycles. The lowest BCUT2D eigenvalue weighted by Crippen LogP contribution is -2.67. The average Bonchev–Trinajstić information content (AvgIpc) is 3.59. The van der Waals surface area contributed by atoms with Crippen LogP contribution < -0.4 is 10.1 Å². The number of aromatic hydroxyl groups is 1. The third-order valence-corrected chi connectivity index (χ3v) is 8.47. The Kier molecular flexibility index (Phi) is 10.2. The van der Waals surface area contributed by atoms with E-state index in [1.54, 1.807) is 25.1 Å². The van der Waals surface area contributed by atoms with E-state index in [2.05, 4.69) is 10.5 Å². The summed E-state index contributed by atoms with van der Waals surface area (Å²) in [5.74, 6) is -1.06. The molecule has 1 saturated carbocycles. The number of phenolic OH excluding ortho intramolecular Hbond substituents is 1. The van der Waals surface area contributed by atoms with Gasteiger partial charge in [-0.3, -0.25) is 4.79 Å². The summed E-state index contributed by atoms with van der Waals surface area (Å²) < 4.78 is 22.0. The molecule has 1 aliphatic carbocycles. The van der Waals surface area contributed by atoms with Crippen LogP contribution in [-0.4, -0.2) is 110 Å². The number of phenols is 1. The lowest BCUT2D eigenvalue weighted by molar-refractivity contribution is -0.155. The second kappa shape index (κ2) is 13.8. The summed E-state index contributed by atoms with van der Waals surface area (Å²) in [6.07, 6.45) is -8.51. The number of amides is 1. The highest BCUT2D eigenvalue weighted by Crippen LogP contribution is 2.37. The van der Waals surface area contributed by atoms with Crippen molar-refractivity contribution in [2.45, 2.75) is 88.0 Å². The third kappa shape index (κ3) is 7.00. The maximum absolute atomic E-state index is 12.9. The fraction of sp³-hybridized carbons (Fsp3) is 0.484. The van der Waals surface area contributed by atoms with E-state index in [-0.39, 0.29) is 36.2 Å². The van der Waals surface area contributed by atoms with Crippen LogP contribution >= 0.6 is 11.6 Å². The van der Waals surface area contributed by atoms with Crippen LogP contribution in [0.5, 0.6) is 11.5 Å². The number of carbonyl (C=O) groups excluding carboxylic acids is 1. The molecule has 7 N–H and O–H groups in total. The first-order valence-corrected chi connectivity index (χ1v) is 14.9. The van der Waals surface area contributed by atoms with Crippen LogP contribution in [0.15, 0.2) is 53.2 Å². The Bertz CT molecular complexity index is 1490. The van der Waals surface area contributed by atoms with Gasteiger partial charge in [-0.2, -0.15) is 0 Å². The van der Waals surface area contributed by atoms with E-state index in [9.17, 15) is 35.4 Å². The van der Waals surface area contributed by atoms with Crippen molar-refractivity contribution >= 4 is 29.3 Å². The summed E-state index contributed by atoms with van der Waals surface area (Å²) in [5, 5.41) is 70.9. The molecular formula is C31H37ClN2O12. The van der Waals surface area contributed by atoms with Crippen LogP contribution in [0, 0.1) is 0 Å². The van der Waals surface area contributed by atoms with E-state index >= 15 is 0 Å². The standard InChI is InChI=1S/C31H37ClN2O12/c1-14(29(40)33-21-22(36)24(38)27-26(23(21)37)42-13-43-27)9-16-7-8-20(19(35)11-16)45-30-31(3,41)28(39)25(46-30)15(2)34-44-12-17-5-4-6-18(32)10-17/h4-11,21-28,30,35-39,41H,12-13H2,1-3H3,(H,33,40)/t21-,22+,23-,24-,25-,26+,27-,28-,30-,31+/m1/s1. The summed E-state index contributed by atoms with van der Waals surface area (Å²) in [7, 11) is 0. The van der Waals surface area contributed by atoms with Crippen LogP contribution in [0.4, 0.5) is 0 Å². The minimum atomic E-state index is -1.90. The number of aliphatic hydroxyl groups is 5. The van der Waals surface area contributed by atoms with Crippen LogP contribution in [-0.2, 0) is 30.4 Å². The quantitative estimate of drug-likeness (QED) is 0.112. The van der Waals surface area contributed by atoms with Gasteiger partial charge in [-0.05, 0) is 62.2 Å². The van der Waals surface area contributed by atoms with Crippen molar-refractivity contribution in [1.29, 1.82) is 0 Å². The van der Waals surface area contributed by atoms with Gasteiger partial charge in [0.25, 0.3) is 0 Å². The molecule has 2 heterocycles. The number of benzene rings is 2. The van der Waals surface area contributed by atoms with Gasteiger partial charge in [0.05, 0.1) is 11.8 Å². The lowest BCUT2D eigenvalue weighted by atomic mass is 9.83. The number of hydrogen-bond acceptors (Lipinski definition) is 13. The van der Waals surface area contributed by atoms with Crippen molar-refractivity contribution in [3.05, 3.63) is 64.2 Å². The molecule has 2 aromatic carbocycles. The van der Waals surface area contributed by atoms with E-state index < -0.39 is 66.6 Å². The molecule has 3 fully saturated rings. The Labute approximate surface area is 269 Å². The van der Waals surface area contributed by atoms with Gasteiger partial charge >= 0.3 is 0 Å². The molecule has 250 valence electrons. The van der Waals surface area contributed by atoms with Crippen LogP contribution in [0.2, 0.25) is 5.02 Å². The molecule has 0 unspecified atom stereocenters. The highest BCUT2D eigenvalue weighted by Gasteiger charge is 2.55. The molecule has 0 spiro atoms. The lowest BCUT2D eigenvalue weighted by Gasteiger charge is -2.41. The summed E-state index contributed by atoms with van der Waals surface area (Å²) in [6, 6.07) is 10.0. The largest absolute Gasteiger partial charge is 0.504 e. The zero-order valence-electron chi connectivity index (χ0n) is 25.2.